The minimum Gasteiger partial charge on any atom is -0.314 e. The monoisotopic (exact) mass is 298 g/mol. The topological polar surface area (TPSA) is 62.7 Å². The Kier molecular flexibility index (Phi) is 5.72. The Labute approximate surface area is 124 Å². The van der Waals surface area contributed by atoms with E-state index in [2.05, 4.69) is 36.3 Å². The van der Waals surface area contributed by atoms with E-state index < -0.39 is 0 Å². The van der Waals surface area contributed by atoms with Crippen LogP contribution < -0.4 is 11.0 Å². The summed E-state index contributed by atoms with van der Waals surface area (Å²) >= 11 is 1.76. The van der Waals surface area contributed by atoms with E-state index in [0.29, 0.717) is 17.2 Å². The third-order valence-corrected chi connectivity index (χ3v) is 5.56. The number of aromatic nitrogens is 3. The SMILES string of the molecule is CCCNC1CCC(Sc2n[nH]c(=O)n2CCC)C1C. The Morgan fingerprint density at radius 3 is 2.90 bits per heavy atom. The second kappa shape index (κ2) is 7.31. The molecular formula is C14H26N4OS. The number of thioether (sulfide) groups is 1. The quantitative estimate of drug-likeness (QED) is 0.810. The first-order valence-corrected chi connectivity index (χ1v) is 8.60. The van der Waals surface area contributed by atoms with Gasteiger partial charge in [0.05, 0.1) is 0 Å². The highest BCUT2D eigenvalue weighted by Gasteiger charge is 2.34. The molecule has 3 unspecified atom stereocenters. The maximum Gasteiger partial charge on any atom is 0.343 e. The normalized spacial score (nSPS) is 26.2. The molecule has 0 radical (unpaired) electrons. The minimum atomic E-state index is -0.0827. The van der Waals surface area contributed by atoms with Crippen LogP contribution in [0.15, 0.2) is 9.95 Å². The van der Waals surface area contributed by atoms with E-state index in [1.54, 1.807) is 16.3 Å². The van der Waals surface area contributed by atoms with E-state index in [1.165, 1.54) is 19.3 Å². The molecule has 1 aliphatic carbocycles. The third-order valence-electron chi connectivity index (χ3n) is 4.07. The van der Waals surface area contributed by atoms with Crippen molar-refractivity contribution in [2.45, 2.75) is 69.4 Å². The van der Waals surface area contributed by atoms with E-state index >= 15 is 0 Å². The molecule has 1 aliphatic rings. The molecule has 6 heteroatoms. The van der Waals surface area contributed by atoms with Crippen LogP contribution in [0.1, 0.15) is 46.5 Å². The van der Waals surface area contributed by atoms with Gasteiger partial charge in [0.1, 0.15) is 0 Å². The summed E-state index contributed by atoms with van der Waals surface area (Å²) < 4.78 is 1.77. The first-order chi connectivity index (χ1) is 9.67. The molecular weight excluding hydrogens is 272 g/mol. The molecule has 5 nitrogen and oxygen atoms in total. The van der Waals surface area contributed by atoms with E-state index in [1.807, 2.05) is 0 Å². The summed E-state index contributed by atoms with van der Waals surface area (Å²) in [6.07, 6.45) is 4.55. The van der Waals surface area contributed by atoms with Crippen LogP contribution in [0.3, 0.4) is 0 Å². The lowest BCUT2D eigenvalue weighted by Crippen LogP contribution is -2.33. The highest BCUT2D eigenvalue weighted by atomic mass is 32.2. The largest absolute Gasteiger partial charge is 0.343 e. The second-order valence-corrected chi connectivity index (χ2v) is 6.82. The number of aromatic amines is 1. The van der Waals surface area contributed by atoms with Crippen molar-refractivity contribution in [2.24, 2.45) is 5.92 Å². The van der Waals surface area contributed by atoms with Crippen molar-refractivity contribution < 1.29 is 0 Å². The van der Waals surface area contributed by atoms with Crippen molar-refractivity contribution in [3.8, 4) is 0 Å². The minimum absolute atomic E-state index is 0.0827. The van der Waals surface area contributed by atoms with Crippen molar-refractivity contribution in [2.75, 3.05) is 6.54 Å². The zero-order chi connectivity index (χ0) is 14.5. The summed E-state index contributed by atoms with van der Waals surface area (Å²) in [6, 6.07) is 0.609. The van der Waals surface area contributed by atoms with Gasteiger partial charge in [-0.3, -0.25) is 4.57 Å². The predicted octanol–water partition coefficient (Wildman–Crippen LogP) is 2.24. The van der Waals surface area contributed by atoms with Gasteiger partial charge in [-0.2, -0.15) is 0 Å². The van der Waals surface area contributed by atoms with Crippen LogP contribution >= 0.6 is 11.8 Å². The van der Waals surface area contributed by atoms with Gasteiger partial charge in [0.15, 0.2) is 5.16 Å². The molecule has 3 atom stereocenters. The van der Waals surface area contributed by atoms with Gasteiger partial charge in [-0.05, 0) is 38.1 Å². The molecule has 0 saturated heterocycles. The van der Waals surface area contributed by atoms with Crippen molar-refractivity contribution in [1.29, 1.82) is 0 Å². The fourth-order valence-electron chi connectivity index (χ4n) is 2.86. The van der Waals surface area contributed by atoms with Gasteiger partial charge in [0, 0.05) is 17.8 Å². The fourth-order valence-corrected chi connectivity index (χ4v) is 4.19. The van der Waals surface area contributed by atoms with Crippen molar-refractivity contribution in [3.05, 3.63) is 10.5 Å². The molecule has 0 bridgehead atoms. The summed E-state index contributed by atoms with van der Waals surface area (Å²) in [7, 11) is 0. The maximum absolute atomic E-state index is 11.7. The maximum atomic E-state index is 11.7. The molecule has 0 amide bonds. The van der Waals surface area contributed by atoms with Crippen LogP contribution in [0.25, 0.3) is 0 Å². The molecule has 20 heavy (non-hydrogen) atoms. The lowest BCUT2D eigenvalue weighted by atomic mass is 10.1. The van der Waals surface area contributed by atoms with E-state index in [-0.39, 0.29) is 5.69 Å². The first kappa shape index (κ1) is 15.6. The number of rotatable bonds is 7. The van der Waals surface area contributed by atoms with Crippen LogP contribution in [0, 0.1) is 5.92 Å². The summed E-state index contributed by atoms with van der Waals surface area (Å²) in [5, 5.41) is 11.8. The van der Waals surface area contributed by atoms with Gasteiger partial charge in [-0.1, -0.05) is 32.5 Å². The molecule has 2 rings (SSSR count). The highest BCUT2D eigenvalue weighted by molar-refractivity contribution is 7.99. The average molecular weight is 298 g/mol. The van der Waals surface area contributed by atoms with Gasteiger partial charge < -0.3 is 5.32 Å². The summed E-state index contributed by atoms with van der Waals surface area (Å²) in [6.45, 7) is 8.43. The van der Waals surface area contributed by atoms with Gasteiger partial charge in [0.2, 0.25) is 0 Å². The third kappa shape index (κ3) is 3.47. The molecule has 0 spiro atoms. The van der Waals surface area contributed by atoms with E-state index in [4.69, 9.17) is 0 Å². The lowest BCUT2D eigenvalue weighted by molar-refractivity contribution is 0.431. The van der Waals surface area contributed by atoms with Crippen LogP contribution in [0.4, 0.5) is 0 Å². The zero-order valence-electron chi connectivity index (χ0n) is 12.7. The standard InChI is InChI=1S/C14H26N4OS/c1-4-8-15-11-6-7-12(10(11)3)20-14-17-16-13(19)18(14)9-5-2/h10-12,15H,4-9H2,1-3H3,(H,16,19). The Morgan fingerprint density at radius 2 is 2.20 bits per heavy atom. The molecule has 1 fully saturated rings. The predicted molar refractivity (Wildman–Crippen MR) is 83.3 cm³/mol. The van der Waals surface area contributed by atoms with Gasteiger partial charge in [0.25, 0.3) is 0 Å². The molecule has 1 aromatic rings. The number of hydrogen-bond donors (Lipinski definition) is 2. The first-order valence-electron chi connectivity index (χ1n) is 7.72. The van der Waals surface area contributed by atoms with E-state index in [0.717, 1.165) is 24.7 Å². The Morgan fingerprint density at radius 1 is 1.40 bits per heavy atom. The molecule has 1 heterocycles. The fraction of sp³-hybridized carbons (Fsp3) is 0.857. The summed E-state index contributed by atoms with van der Waals surface area (Å²) in [5.74, 6) is 0.619. The number of nitrogens with zero attached hydrogens (tertiary/aromatic N) is 2. The Hall–Kier alpha value is -0.750. The Balaban J connectivity index is 1.99. The molecule has 1 saturated carbocycles. The van der Waals surface area contributed by atoms with Crippen LogP contribution in [0.5, 0.6) is 0 Å². The molecule has 2 N–H and O–H groups in total. The molecule has 114 valence electrons. The molecule has 1 aromatic heterocycles. The van der Waals surface area contributed by atoms with Crippen LogP contribution in [0.2, 0.25) is 0 Å². The van der Waals surface area contributed by atoms with Crippen molar-refractivity contribution in [1.82, 2.24) is 20.1 Å². The van der Waals surface area contributed by atoms with E-state index in [9.17, 15) is 4.79 Å². The lowest BCUT2D eigenvalue weighted by Gasteiger charge is -2.21. The van der Waals surface area contributed by atoms with Gasteiger partial charge in [-0.15, -0.1) is 5.10 Å². The summed E-state index contributed by atoms with van der Waals surface area (Å²) in [5.41, 5.74) is -0.0827. The van der Waals surface area contributed by atoms with Crippen molar-refractivity contribution in [3.63, 3.8) is 0 Å². The highest BCUT2D eigenvalue weighted by Crippen LogP contribution is 2.37. The van der Waals surface area contributed by atoms with Gasteiger partial charge in [-0.25, -0.2) is 9.89 Å². The zero-order valence-corrected chi connectivity index (χ0v) is 13.5. The molecule has 0 aromatic carbocycles. The Bertz CT molecular complexity index is 470. The van der Waals surface area contributed by atoms with Crippen LogP contribution in [-0.2, 0) is 6.54 Å². The molecule has 0 aliphatic heterocycles. The second-order valence-electron chi connectivity index (χ2n) is 5.62. The number of nitrogens with one attached hydrogen (secondary N) is 2. The van der Waals surface area contributed by atoms with Crippen LogP contribution in [-0.4, -0.2) is 32.6 Å². The average Bonchev–Trinajstić information content (AvgIpc) is 2.95. The smallest absolute Gasteiger partial charge is 0.314 e. The van der Waals surface area contributed by atoms with Gasteiger partial charge >= 0.3 is 5.69 Å². The number of hydrogen-bond acceptors (Lipinski definition) is 4. The summed E-state index contributed by atoms with van der Waals surface area (Å²) in [4.78, 5) is 11.7. The van der Waals surface area contributed by atoms with Crippen molar-refractivity contribution >= 4 is 11.8 Å². The number of H-pyrrole nitrogens is 1.